The summed E-state index contributed by atoms with van der Waals surface area (Å²) in [4.78, 5) is 46.7. The summed E-state index contributed by atoms with van der Waals surface area (Å²) in [6.45, 7) is 0. The largest absolute Gasteiger partial charge is 0.386 e. The van der Waals surface area contributed by atoms with E-state index in [0.717, 1.165) is 0 Å². The van der Waals surface area contributed by atoms with Gasteiger partial charge in [-0.2, -0.15) is 0 Å². The van der Waals surface area contributed by atoms with E-state index >= 15 is 0 Å². The molecule has 6 nitrogen and oxygen atoms in total. The number of carbonyl (C=O) groups excluding carboxylic acids is 4. The number of halogens is 2. The van der Waals surface area contributed by atoms with E-state index in [-0.39, 0.29) is 22.3 Å². The van der Waals surface area contributed by atoms with Crippen LogP contribution >= 0.6 is 31.9 Å². The lowest BCUT2D eigenvalue weighted by Crippen LogP contribution is -1.97. The van der Waals surface area contributed by atoms with Gasteiger partial charge in [0.05, 0.1) is 22.3 Å². The lowest BCUT2D eigenvalue weighted by molar-refractivity contribution is 0.0425. The van der Waals surface area contributed by atoms with Gasteiger partial charge in [0, 0.05) is 8.95 Å². The maximum atomic E-state index is 11.7. The SMILES string of the molecule is O=C1OC(=O)c2cc(-c3cc4c(cc3Br)C(=O)OC4=O)c(Br)cc21. The second-order valence-corrected chi connectivity index (χ2v) is 6.82. The van der Waals surface area contributed by atoms with Gasteiger partial charge < -0.3 is 9.47 Å². The maximum Gasteiger partial charge on any atom is 0.346 e. The first-order valence-electron chi connectivity index (χ1n) is 6.57. The third-order valence-corrected chi connectivity index (χ3v) is 5.07. The van der Waals surface area contributed by atoms with Crippen LogP contribution in [-0.4, -0.2) is 23.9 Å². The molecule has 8 heteroatoms. The summed E-state index contributed by atoms with van der Waals surface area (Å²) >= 11 is 6.71. The Kier molecular flexibility index (Phi) is 3.23. The summed E-state index contributed by atoms with van der Waals surface area (Å²) in [6, 6.07) is 5.98. The number of rotatable bonds is 1. The summed E-state index contributed by atoms with van der Waals surface area (Å²) < 4.78 is 10.2. The Hall–Kier alpha value is -2.32. The molecule has 0 fully saturated rings. The highest BCUT2D eigenvalue weighted by atomic mass is 79.9. The molecule has 0 unspecified atom stereocenters. The van der Waals surface area contributed by atoms with Gasteiger partial charge in [0.25, 0.3) is 0 Å². The second kappa shape index (κ2) is 5.09. The Morgan fingerprint density at radius 2 is 0.792 bits per heavy atom. The van der Waals surface area contributed by atoms with Crippen LogP contribution in [0, 0.1) is 0 Å². The molecule has 0 aromatic heterocycles. The molecule has 0 saturated heterocycles. The summed E-state index contributed by atoms with van der Waals surface area (Å²) in [5.74, 6) is -2.86. The highest BCUT2D eigenvalue weighted by Gasteiger charge is 2.33. The zero-order valence-electron chi connectivity index (χ0n) is 11.5. The van der Waals surface area contributed by atoms with Gasteiger partial charge in [-0.3, -0.25) is 0 Å². The van der Waals surface area contributed by atoms with Crippen LogP contribution in [0.1, 0.15) is 41.4 Å². The first kappa shape index (κ1) is 15.2. The fourth-order valence-electron chi connectivity index (χ4n) is 2.62. The van der Waals surface area contributed by atoms with E-state index in [9.17, 15) is 19.2 Å². The minimum Gasteiger partial charge on any atom is -0.386 e. The van der Waals surface area contributed by atoms with Gasteiger partial charge >= 0.3 is 23.9 Å². The van der Waals surface area contributed by atoms with Crippen molar-refractivity contribution >= 4 is 55.7 Å². The first-order valence-corrected chi connectivity index (χ1v) is 8.16. The van der Waals surface area contributed by atoms with E-state index in [1.165, 1.54) is 24.3 Å². The Morgan fingerprint density at radius 3 is 1.12 bits per heavy atom. The summed E-state index contributed by atoms with van der Waals surface area (Å²) in [5.41, 5.74) is 1.74. The van der Waals surface area contributed by atoms with E-state index < -0.39 is 23.9 Å². The number of esters is 4. The molecule has 0 radical (unpaired) electrons. The molecular weight excluding hydrogens is 448 g/mol. The Morgan fingerprint density at radius 1 is 0.500 bits per heavy atom. The Bertz CT molecular complexity index is 927. The quantitative estimate of drug-likeness (QED) is 0.487. The van der Waals surface area contributed by atoms with Gasteiger partial charge in [0.15, 0.2) is 0 Å². The van der Waals surface area contributed by atoms with Crippen LogP contribution in [0.15, 0.2) is 33.2 Å². The molecule has 0 bridgehead atoms. The van der Waals surface area contributed by atoms with Gasteiger partial charge in [0.2, 0.25) is 0 Å². The predicted molar refractivity (Wildman–Crippen MR) is 86.8 cm³/mol. The molecule has 118 valence electrons. The molecule has 2 aromatic rings. The lowest BCUT2D eigenvalue weighted by Gasteiger charge is -2.09. The van der Waals surface area contributed by atoms with Crippen LogP contribution in [0.3, 0.4) is 0 Å². The van der Waals surface area contributed by atoms with Crippen molar-refractivity contribution < 1.29 is 28.7 Å². The van der Waals surface area contributed by atoms with E-state index in [4.69, 9.17) is 0 Å². The third kappa shape index (κ3) is 2.06. The number of hydrogen-bond acceptors (Lipinski definition) is 6. The molecule has 2 heterocycles. The summed E-state index contributed by atoms with van der Waals surface area (Å²) in [7, 11) is 0. The standard InChI is InChI=1S/C16H4Br2O6/c17-11-3-9-7(13(19)23-15(9)21)1-5(11)6-2-8-10(4-12(6)18)16(22)24-14(8)20/h1-4H. The van der Waals surface area contributed by atoms with Gasteiger partial charge in [-0.1, -0.05) is 31.9 Å². The highest BCUT2D eigenvalue weighted by Crippen LogP contribution is 2.39. The monoisotopic (exact) mass is 450 g/mol. The van der Waals surface area contributed by atoms with E-state index in [1.54, 1.807) is 0 Å². The molecule has 0 aliphatic carbocycles. The molecule has 2 aromatic carbocycles. The molecule has 0 atom stereocenters. The smallest absolute Gasteiger partial charge is 0.346 e. The average Bonchev–Trinajstić information content (AvgIpc) is 2.95. The summed E-state index contributed by atoms with van der Waals surface area (Å²) in [5, 5.41) is 0. The number of benzene rings is 2. The second-order valence-electron chi connectivity index (χ2n) is 5.11. The molecule has 0 amide bonds. The molecule has 0 N–H and O–H groups in total. The van der Waals surface area contributed by atoms with Crippen LogP contribution in [0.25, 0.3) is 11.1 Å². The molecule has 24 heavy (non-hydrogen) atoms. The highest BCUT2D eigenvalue weighted by molar-refractivity contribution is 9.11. The fourth-order valence-corrected chi connectivity index (χ4v) is 3.74. The number of fused-ring (bicyclic) bond motifs is 2. The lowest BCUT2D eigenvalue weighted by atomic mass is 9.97. The van der Waals surface area contributed by atoms with Gasteiger partial charge in [-0.25, -0.2) is 19.2 Å². The van der Waals surface area contributed by atoms with Crippen LogP contribution in [0.5, 0.6) is 0 Å². The first-order chi connectivity index (χ1) is 11.4. The minimum absolute atomic E-state index is 0.143. The van der Waals surface area contributed by atoms with Crippen molar-refractivity contribution in [2.75, 3.05) is 0 Å². The van der Waals surface area contributed by atoms with Crippen molar-refractivity contribution in [2.24, 2.45) is 0 Å². The molecule has 4 rings (SSSR count). The number of hydrogen-bond donors (Lipinski definition) is 0. The fraction of sp³-hybridized carbons (Fsp3) is 0. The zero-order chi connectivity index (χ0) is 17.2. The van der Waals surface area contributed by atoms with Gasteiger partial charge in [-0.05, 0) is 35.4 Å². The Balaban J connectivity index is 1.95. The van der Waals surface area contributed by atoms with Crippen LogP contribution in [-0.2, 0) is 9.47 Å². The van der Waals surface area contributed by atoms with Crippen LogP contribution in [0.2, 0.25) is 0 Å². The number of carbonyl (C=O) groups is 4. The van der Waals surface area contributed by atoms with Gasteiger partial charge in [-0.15, -0.1) is 0 Å². The molecule has 2 aliphatic heterocycles. The average molecular weight is 452 g/mol. The third-order valence-electron chi connectivity index (χ3n) is 3.76. The van der Waals surface area contributed by atoms with Crippen LogP contribution < -0.4 is 0 Å². The molecular formula is C16H4Br2O6. The predicted octanol–water partition coefficient (Wildman–Crippen LogP) is 3.50. The topological polar surface area (TPSA) is 86.7 Å². The Labute approximate surface area is 151 Å². The van der Waals surface area contributed by atoms with Crippen molar-refractivity contribution in [3.8, 4) is 11.1 Å². The maximum absolute atomic E-state index is 11.7. The van der Waals surface area contributed by atoms with Gasteiger partial charge in [0.1, 0.15) is 0 Å². The van der Waals surface area contributed by atoms with E-state index in [0.29, 0.717) is 20.1 Å². The van der Waals surface area contributed by atoms with Crippen molar-refractivity contribution in [2.45, 2.75) is 0 Å². The summed E-state index contributed by atoms with van der Waals surface area (Å²) in [6.07, 6.45) is 0. The number of cyclic esters (lactones) is 4. The number of ether oxygens (including phenoxy) is 2. The zero-order valence-corrected chi connectivity index (χ0v) is 14.7. The minimum atomic E-state index is -0.726. The van der Waals surface area contributed by atoms with Crippen molar-refractivity contribution in [1.29, 1.82) is 0 Å². The van der Waals surface area contributed by atoms with Crippen LogP contribution in [0.4, 0.5) is 0 Å². The van der Waals surface area contributed by atoms with Crippen molar-refractivity contribution in [3.63, 3.8) is 0 Å². The van der Waals surface area contributed by atoms with Crippen molar-refractivity contribution in [3.05, 3.63) is 55.5 Å². The van der Waals surface area contributed by atoms with E-state index in [1.807, 2.05) is 0 Å². The molecule has 0 saturated carbocycles. The normalized spacial score (nSPS) is 15.2. The van der Waals surface area contributed by atoms with E-state index in [2.05, 4.69) is 41.3 Å². The van der Waals surface area contributed by atoms with Crippen molar-refractivity contribution in [1.82, 2.24) is 0 Å². The molecule has 2 aliphatic rings. The molecule has 0 spiro atoms.